The van der Waals surface area contributed by atoms with E-state index in [1.807, 2.05) is 0 Å². The molecule has 8 nitrogen and oxygen atoms in total. The summed E-state index contributed by atoms with van der Waals surface area (Å²) in [6, 6.07) is 9.85. The number of carbonyl (C=O) groups excluding carboxylic acids is 4. The first kappa shape index (κ1) is 28.7. The third-order valence-electron chi connectivity index (χ3n) is 5.02. The predicted molar refractivity (Wildman–Crippen MR) is 150 cm³/mol. The number of nitrogens with zero attached hydrogens (tertiary/aromatic N) is 2. The van der Waals surface area contributed by atoms with Crippen molar-refractivity contribution in [1.29, 1.82) is 0 Å². The number of hydrogen-bond acceptors (Lipinski definition) is 8. The molecule has 12 heteroatoms. The van der Waals surface area contributed by atoms with Crippen LogP contribution in [0.4, 0.5) is 11.4 Å². The van der Waals surface area contributed by atoms with Gasteiger partial charge in [-0.15, -0.1) is 0 Å². The van der Waals surface area contributed by atoms with Gasteiger partial charge in [0.05, 0.1) is 54.1 Å². The average Bonchev–Trinajstić information content (AvgIpc) is 2.88. The highest BCUT2D eigenvalue weighted by Gasteiger charge is 2.20. The van der Waals surface area contributed by atoms with Crippen molar-refractivity contribution in [2.75, 3.05) is 0 Å². The number of allylic oxidation sites excluding steroid dienone is 6. The van der Waals surface area contributed by atoms with Crippen molar-refractivity contribution in [1.82, 2.24) is 0 Å². The molecule has 0 unspecified atom stereocenters. The Balaban J connectivity index is 0.000000211. The fourth-order valence-electron chi connectivity index (χ4n) is 3.09. The van der Waals surface area contributed by atoms with Gasteiger partial charge in [0.25, 0.3) is 0 Å². The summed E-state index contributed by atoms with van der Waals surface area (Å²) < 4.78 is 0. The monoisotopic (exact) mass is 588 g/mol. The maximum Gasteiger partial charge on any atom is 0.202 e. The van der Waals surface area contributed by atoms with Crippen molar-refractivity contribution in [3.8, 4) is 0 Å². The zero-order valence-electron chi connectivity index (χ0n) is 19.1. The van der Waals surface area contributed by atoms with Gasteiger partial charge >= 0.3 is 0 Å². The Hall–Kier alpha value is -3.82. The third-order valence-corrected chi connectivity index (χ3v) is 6.24. The van der Waals surface area contributed by atoms with E-state index in [0.29, 0.717) is 44.0 Å². The zero-order chi connectivity index (χ0) is 28.0. The molecule has 0 saturated heterocycles. The van der Waals surface area contributed by atoms with Crippen LogP contribution in [0.2, 0.25) is 20.1 Å². The molecule has 4 N–H and O–H groups in total. The average molecular weight is 590 g/mol. The highest BCUT2D eigenvalue weighted by Crippen LogP contribution is 2.34. The topological polar surface area (TPSA) is 145 Å². The van der Waals surface area contributed by atoms with Crippen LogP contribution < -0.4 is 11.5 Å². The van der Waals surface area contributed by atoms with Crippen molar-refractivity contribution in [3.05, 3.63) is 103 Å². The highest BCUT2D eigenvalue weighted by molar-refractivity contribution is 6.40. The number of ketones is 2. The summed E-state index contributed by atoms with van der Waals surface area (Å²) in [7, 11) is 0. The number of para-hydroxylation sites is 2. The van der Waals surface area contributed by atoms with Crippen LogP contribution in [0.15, 0.2) is 93.2 Å². The fourth-order valence-corrected chi connectivity index (χ4v) is 4.05. The van der Waals surface area contributed by atoms with Crippen molar-refractivity contribution in [2.24, 2.45) is 21.5 Å². The Morgan fingerprint density at radius 1 is 0.579 bits per heavy atom. The largest absolute Gasteiger partial charge is 0.395 e. The SMILES string of the molecule is NC1=C(C=O)C(=Nc2c(Cl)cccc2Cl)C=CC1=O.NC1=C(C=O)C(=Nc2c(Cl)cccc2Cl)C=CC1=O. The molecule has 0 heterocycles. The van der Waals surface area contributed by atoms with Crippen molar-refractivity contribution < 1.29 is 19.2 Å². The molecule has 2 aromatic rings. The Bertz CT molecular complexity index is 1400. The number of carbonyl (C=O) groups is 4. The minimum Gasteiger partial charge on any atom is -0.395 e. The third kappa shape index (κ3) is 6.35. The van der Waals surface area contributed by atoms with Crippen LogP contribution >= 0.6 is 46.4 Å². The maximum atomic E-state index is 11.4. The second-order valence-electron chi connectivity index (χ2n) is 7.42. The molecular weight excluding hydrogens is 574 g/mol. The normalized spacial score (nSPS) is 17.2. The van der Waals surface area contributed by atoms with Gasteiger partial charge in [-0.2, -0.15) is 0 Å². The smallest absolute Gasteiger partial charge is 0.202 e. The fraction of sp³-hybridized carbons (Fsp3) is 0. The van der Waals surface area contributed by atoms with Gasteiger partial charge in [0.15, 0.2) is 12.6 Å². The maximum absolute atomic E-state index is 11.4. The van der Waals surface area contributed by atoms with E-state index in [0.717, 1.165) is 0 Å². The van der Waals surface area contributed by atoms with Crippen molar-refractivity contribution in [3.63, 3.8) is 0 Å². The summed E-state index contributed by atoms with van der Waals surface area (Å²) in [4.78, 5) is 53.1. The second kappa shape index (κ2) is 12.6. The number of aldehydes is 2. The first-order chi connectivity index (χ1) is 18.1. The summed E-state index contributed by atoms with van der Waals surface area (Å²) in [5.41, 5.74) is 12.0. The molecule has 0 bridgehead atoms. The van der Waals surface area contributed by atoms with Crippen LogP contribution in [-0.2, 0) is 19.2 Å². The summed E-state index contributed by atoms with van der Waals surface area (Å²) in [6.45, 7) is 0. The molecule has 4 rings (SSSR count). The lowest BCUT2D eigenvalue weighted by Gasteiger charge is -2.10. The van der Waals surface area contributed by atoms with Crippen LogP contribution in [0.25, 0.3) is 0 Å². The first-order valence-electron chi connectivity index (χ1n) is 10.5. The highest BCUT2D eigenvalue weighted by atomic mass is 35.5. The Labute approximate surface area is 236 Å². The van der Waals surface area contributed by atoms with Gasteiger partial charge < -0.3 is 11.5 Å². The summed E-state index contributed by atoms with van der Waals surface area (Å²) in [5, 5.41) is 1.37. The molecule has 2 aliphatic carbocycles. The molecule has 0 radical (unpaired) electrons. The van der Waals surface area contributed by atoms with Crippen LogP contribution in [0.3, 0.4) is 0 Å². The minimum absolute atomic E-state index is 0.0310. The van der Waals surface area contributed by atoms with Gasteiger partial charge in [-0.25, -0.2) is 9.98 Å². The van der Waals surface area contributed by atoms with Crippen LogP contribution in [0.1, 0.15) is 0 Å². The molecule has 0 aromatic heterocycles. The molecule has 38 heavy (non-hydrogen) atoms. The van der Waals surface area contributed by atoms with Crippen LogP contribution in [0.5, 0.6) is 0 Å². The molecule has 2 aliphatic rings. The summed E-state index contributed by atoms with van der Waals surface area (Å²) in [5.74, 6) is -0.849. The minimum atomic E-state index is -0.425. The Morgan fingerprint density at radius 2 is 0.895 bits per heavy atom. The lowest BCUT2D eigenvalue weighted by Crippen LogP contribution is -2.21. The van der Waals surface area contributed by atoms with Gasteiger partial charge in [-0.1, -0.05) is 58.5 Å². The van der Waals surface area contributed by atoms with E-state index >= 15 is 0 Å². The van der Waals surface area contributed by atoms with Gasteiger partial charge in [0.2, 0.25) is 11.6 Å². The van der Waals surface area contributed by atoms with Gasteiger partial charge in [0.1, 0.15) is 11.4 Å². The molecule has 0 fully saturated rings. The van der Waals surface area contributed by atoms with E-state index in [9.17, 15) is 19.2 Å². The van der Waals surface area contributed by atoms with Crippen LogP contribution in [-0.4, -0.2) is 35.6 Å². The van der Waals surface area contributed by atoms with E-state index in [2.05, 4.69) is 9.98 Å². The first-order valence-corrected chi connectivity index (χ1v) is 12.0. The molecule has 0 amide bonds. The van der Waals surface area contributed by atoms with E-state index in [4.69, 9.17) is 57.9 Å². The van der Waals surface area contributed by atoms with E-state index < -0.39 is 11.6 Å². The van der Waals surface area contributed by atoms with E-state index in [-0.39, 0.29) is 34.0 Å². The zero-order valence-corrected chi connectivity index (χ0v) is 22.1. The number of aliphatic imine (C=N–C) groups is 2. The number of halogens is 4. The van der Waals surface area contributed by atoms with Crippen molar-refractivity contribution >= 4 is 93.3 Å². The number of nitrogens with two attached hydrogens (primary N) is 2. The summed E-state index contributed by atoms with van der Waals surface area (Å²) in [6.07, 6.45) is 6.27. The van der Waals surface area contributed by atoms with E-state index in [1.165, 1.54) is 24.3 Å². The molecule has 0 saturated carbocycles. The molecule has 192 valence electrons. The predicted octanol–water partition coefficient (Wildman–Crippen LogP) is 5.23. The molecule has 0 aliphatic heterocycles. The quantitative estimate of drug-likeness (QED) is 0.369. The number of hydrogen-bond donors (Lipinski definition) is 2. The number of rotatable bonds is 4. The Kier molecular flexibility index (Phi) is 9.55. The second-order valence-corrected chi connectivity index (χ2v) is 9.05. The standard InChI is InChI=1S/2C13H8Cl2N2O2/c2*14-8-2-1-3-9(15)13(8)17-10-4-5-11(19)12(16)7(10)6-18/h2*1-6H,16H2. The molecule has 2 aromatic carbocycles. The van der Waals surface area contributed by atoms with Crippen LogP contribution in [0, 0.1) is 0 Å². The van der Waals surface area contributed by atoms with Gasteiger partial charge in [-0.3, -0.25) is 19.2 Å². The number of benzene rings is 2. The van der Waals surface area contributed by atoms with E-state index in [1.54, 1.807) is 36.4 Å². The lowest BCUT2D eigenvalue weighted by atomic mass is 10.0. The molecule has 0 spiro atoms. The van der Waals surface area contributed by atoms with Gasteiger partial charge in [-0.05, 0) is 48.6 Å². The lowest BCUT2D eigenvalue weighted by molar-refractivity contribution is -0.112. The van der Waals surface area contributed by atoms with Gasteiger partial charge in [0, 0.05) is 0 Å². The Morgan fingerprint density at radius 3 is 1.18 bits per heavy atom. The van der Waals surface area contributed by atoms with Crippen molar-refractivity contribution in [2.45, 2.75) is 0 Å². The molecule has 0 atom stereocenters. The summed E-state index contributed by atoms with van der Waals surface area (Å²) >= 11 is 23.9. The molecular formula is C26H16Cl4N4O4.